The molecule has 0 heterocycles. The van der Waals surface area contributed by atoms with Gasteiger partial charge < -0.3 is 0 Å². The zero-order valence-corrected chi connectivity index (χ0v) is 23.4. The fraction of sp³-hybridized carbons (Fsp3) is 0.0303. The van der Waals surface area contributed by atoms with Crippen LogP contribution >= 0.6 is 7.26 Å². The monoisotopic (exact) mass is 584 g/mol. The van der Waals surface area contributed by atoms with E-state index in [1.165, 1.54) is 0 Å². The van der Waals surface area contributed by atoms with E-state index in [-0.39, 0.29) is 11.6 Å². The van der Waals surface area contributed by atoms with Crippen LogP contribution in [0.15, 0.2) is 152 Å². The Morgan fingerprint density at radius 1 is 0.439 bits per heavy atom. The van der Waals surface area contributed by atoms with Gasteiger partial charge in [-0.2, -0.15) is 0 Å². The highest BCUT2D eigenvalue weighted by molar-refractivity contribution is 7.97. The minimum absolute atomic E-state index is 0.158. The van der Waals surface area contributed by atoms with Crippen LogP contribution in [0.25, 0.3) is 0 Å². The summed E-state index contributed by atoms with van der Waals surface area (Å²) in [4.78, 5) is 29.1. The van der Waals surface area contributed by atoms with Gasteiger partial charge in [0, 0.05) is 11.1 Å². The van der Waals surface area contributed by atoms with Crippen molar-refractivity contribution in [3.63, 3.8) is 0 Å². The molecule has 41 heavy (non-hydrogen) atoms. The predicted molar refractivity (Wildman–Crippen MR) is 150 cm³/mol. The van der Waals surface area contributed by atoms with Crippen molar-refractivity contribution in [2.75, 3.05) is 0 Å². The van der Waals surface area contributed by atoms with Gasteiger partial charge >= 0.3 is 0 Å². The van der Waals surface area contributed by atoms with Crippen molar-refractivity contribution in [1.29, 1.82) is 0 Å². The van der Waals surface area contributed by atoms with E-state index in [1.807, 2.05) is 115 Å². The van der Waals surface area contributed by atoms with Crippen LogP contribution in [0, 0.1) is 10.2 Å². The van der Waals surface area contributed by atoms with E-state index in [2.05, 4.69) is 36.4 Å². The van der Waals surface area contributed by atoms with Crippen LogP contribution in [0.4, 0.5) is 0 Å². The van der Waals surface area contributed by atoms with E-state index >= 15 is 0 Å². The van der Waals surface area contributed by atoms with E-state index in [9.17, 15) is 9.59 Å². The quantitative estimate of drug-likeness (QED) is 0.154. The number of ketones is 2. The fourth-order valence-corrected chi connectivity index (χ4v) is 9.59. The first-order chi connectivity index (χ1) is 19.7. The molecule has 5 rings (SSSR count). The molecule has 206 valence electrons. The summed E-state index contributed by atoms with van der Waals surface area (Å²) < 4.78 is 34.0. The van der Waals surface area contributed by atoms with Gasteiger partial charge in [0.25, 0.3) is 0 Å². The maximum atomic E-state index is 14.5. The molecule has 0 aliphatic heterocycles. The number of rotatable bonds is 8. The Morgan fingerprint density at radius 3 is 0.902 bits per heavy atom. The van der Waals surface area contributed by atoms with Gasteiger partial charge in [-0.3, -0.25) is 9.59 Å². The van der Waals surface area contributed by atoms with Gasteiger partial charge in [0.1, 0.15) is 23.2 Å². The first-order valence-corrected chi connectivity index (χ1v) is 15.7. The molecule has 0 N–H and O–H groups in total. The third-order valence-electron chi connectivity index (χ3n) is 6.49. The first kappa shape index (κ1) is 30.0. The summed E-state index contributed by atoms with van der Waals surface area (Å²) in [6, 6.07) is 48.7. The number of benzene rings is 5. The van der Waals surface area contributed by atoms with Crippen molar-refractivity contribution in [3.05, 3.63) is 163 Å². The molecule has 0 aromatic heterocycles. The minimum Gasteiger partial charge on any atom is -0.289 e. The summed E-state index contributed by atoms with van der Waals surface area (Å²) in [5, 5.41) is 3.00. The number of Topliss-reactive ketones (excluding diaryl/α,β-unsaturated/α-hetero) is 2. The largest absolute Gasteiger partial charge is 0.289 e. The van der Waals surface area contributed by atoms with Gasteiger partial charge in [-0.05, 0) is 36.4 Å². The molecular formula is C33H26ClO6P. The van der Waals surface area contributed by atoms with E-state index in [0.717, 1.165) is 15.9 Å². The normalized spacial score (nSPS) is 11.3. The van der Waals surface area contributed by atoms with Gasteiger partial charge in [-0.1, -0.05) is 115 Å². The highest BCUT2D eigenvalue weighted by Crippen LogP contribution is 2.61. The van der Waals surface area contributed by atoms with Crippen LogP contribution < -0.4 is 34.5 Å². The maximum Gasteiger partial charge on any atom is 0.212 e. The van der Waals surface area contributed by atoms with Crippen LogP contribution in [0.5, 0.6) is 0 Å². The highest BCUT2D eigenvalue weighted by atomic mass is 35.7. The molecule has 0 atom stereocenters. The lowest BCUT2D eigenvalue weighted by molar-refractivity contribution is -2.00. The van der Waals surface area contributed by atoms with Crippen molar-refractivity contribution in [2.45, 2.75) is 5.66 Å². The smallest absolute Gasteiger partial charge is 0.212 e. The average molecular weight is 585 g/mol. The standard InChI is InChI=1S/C33H26O2P.ClHO4/c34-31(26-16-6-1-7-17-26)33(32(35)27-18-8-2-9-19-27)36(28-20-10-3-11-21-28,29-22-12-4-13-23-29)30-24-14-5-15-25-30;2-1(3,4)5/h1-25,33H;(H,2,3,4,5)/q+1;/p-1. The molecule has 0 amide bonds. The van der Waals surface area contributed by atoms with Gasteiger partial charge in [0.05, 0.1) is 0 Å². The molecule has 0 aliphatic carbocycles. The summed E-state index contributed by atoms with van der Waals surface area (Å²) >= 11 is 0. The second-order valence-electron chi connectivity index (χ2n) is 8.97. The maximum absolute atomic E-state index is 14.5. The van der Waals surface area contributed by atoms with Gasteiger partial charge in [0.15, 0.2) is 0 Å². The number of hydrogen-bond donors (Lipinski definition) is 0. The Kier molecular flexibility index (Phi) is 9.92. The molecule has 8 heteroatoms. The Labute approximate surface area is 241 Å². The molecule has 6 nitrogen and oxygen atoms in total. The van der Waals surface area contributed by atoms with Crippen molar-refractivity contribution in [1.82, 2.24) is 0 Å². The summed E-state index contributed by atoms with van der Waals surface area (Å²) in [6.07, 6.45) is 0. The van der Waals surface area contributed by atoms with Crippen molar-refractivity contribution >= 4 is 34.7 Å². The van der Waals surface area contributed by atoms with Crippen molar-refractivity contribution < 1.29 is 38.5 Å². The second kappa shape index (κ2) is 13.6. The second-order valence-corrected chi connectivity index (χ2v) is 13.2. The zero-order valence-electron chi connectivity index (χ0n) is 21.8. The van der Waals surface area contributed by atoms with Crippen LogP contribution in [-0.2, 0) is 0 Å². The lowest BCUT2D eigenvalue weighted by atomic mass is 10.0. The van der Waals surface area contributed by atoms with Gasteiger partial charge in [-0.15, -0.1) is 10.2 Å². The third-order valence-corrected chi connectivity index (χ3v) is 11.1. The lowest BCUT2D eigenvalue weighted by Crippen LogP contribution is -2.68. The molecule has 0 fully saturated rings. The summed E-state index contributed by atoms with van der Waals surface area (Å²) in [6.45, 7) is 0. The van der Waals surface area contributed by atoms with Crippen LogP contribution in [0.1, 0.15) is 20.7 Å². The molecule has 0 spiro atoms. The molecule has 0 unspecified atom stereocenters. The molecule has 0 radical (unpaired) electrons. The first-order valence-electron chi connectivity index (χ1n) is 12.6. The predicted octanol–water partition coefficient (Wildman–Crippen LogP) is 1.36. The van der Waals surface area contributed by atoms with Crippen LogP contribution in [-0.4, -0.2) is 17.2 Å². The van der Waals surface area contributed by atoms with E-state index < -0.39 is 23.2 Å². The van der Waals surface area contributed by atoms with Crippen LogP contribution in [0.3, 0.4) is 0 Å². The molecule has 0 aliphatic rings. The Hall–Kier alpha value is -4.00. The molecule has 5 aromatic rings. The molecule has 0 saturated heterocycles. The minimum atomic E-state index is -4.94. The molecule has 0 bridgehead atoms. The SMILES string of the molecule is O=C(c1ccccc1)C(C(=O)c1ccccc1)[P+](c1ccccc1)(c1ccccc1)c1ccccc1.[O-][Cl+3]([O-])([O-])[O-]. The molecule has 5 aromatic carbocycles. The van der Waals surface area contributed by atoms with Crippen molar-refractivity contribution in [3.8, 4) is 0 Å². The highest BCUT2D eigenvalue weighted by Gasteiger charge is 2.59. The van der Waals surface area contributed by atoms with E-state index in [0.29, 0.717) is 11.1 Å². The molecular weight excluding hydrogens is 559 g/mol. The Balaban J connectivity index is 0.000000714. The molecule has 0 saturated carbocycles. The van der Waals surface area contributed by atoms with E-state index in [1.54, 1.807) is 0 Å². The van der Waals surface area contributed by atoms with Gasteiger partial charge in [-0.25, -0.2) is 18.6 Å². The fourth-order valence-electron chi connectivity index (χ4n) is 4.88. The summed E-state index contributed by atoms with van der Waals surface area (Å²) in [7, 11) is -7.75. The number of carbonyl (C=O) groups excluding carboxylic acids is 2. The average Bonchev–Trinajstić information content (AvgIpc) is 3.00. The van der Waals surface area contributed by atoms with E-state index in [4.69, 9.17) is 18.6 Å². The lowest BCUT2D eigenvalue weighted by Gasteiger charge is -2.33. The summed E-state index contributed by atoms with van der Waals surface area (Å²) in [5.74, 6) is -0.316. The number of halogens is 1. The number of carbonyl (C=O) groups is 2. The topological polar surface area (TPSA) is 126 Å². The van der Waals surface area contributed by atoms with Gasteiger partial charge in [0.2, 0.25) is 17.2 Å². The number of hydrogen-bond acceptors (Lipinski definition) is 6. The Morgan fingerprint density at radius 2 is 0.659 bits per heavy atom. The van der Waals surface area contributed by atoms with Crippen LogP contribution in [0.2, 0.25) is 0 Å². The Bertz CT molecular complexity index is 1390. The zero-order chi connectivity index (χ0) is 29.3. The van der Waals surface area contributed by atoms with Crippen molar-refractivity contribution in [2.24, 2.45) is 0 Å². The third kappa shape index (κ3) is 7.20. The summed E-state index contributed by atoms with van der Waals surface area (Å²) in [5.41, 5.74) is 0.160.